The topological polar surface area (TPSA) is 90.0 Å². The maximum absolute atomic E-state index is 13.3. The van der Waals surface area contributed by atoms with Gasteiger partial charge in [0.15, 0.2) is 11.0 Å². The van der Waals surface area contributed by atoms with Crippen LogP contribution in [-0.2, 0) is 11.3 Å². The standard InChI is InChI=1S/C21H20N4O3S2/c1-12-9-16(24-28-12)22-17(26)11-29-21-23-19-18(13(2)14(3)30-19)20(27)25(21)10-15-7-5-4-6-8-15/h4-9H,10-11H2,1-3H3,(H,22,24,26). The molecule has 0 bridgehead atoms. The molecule has 0 unspecified atom stereocenters. The van der Waals surface area contributed by atoms with Gasteiger partial charge in [0.25, 0.3) is 5.56 Å². The number of nitrogens with one attached hydrogen (secondary N) is 1. The molecule has 0 saturated heterocycles. The first-order valence-electron chi connectivity index (χ1n) is 9.33. The van der Waals surface area contributed by atoms with E-state index in [0.717, 1.165) is 16.0 Å². The third-order valence-electron chi connectivity index (χ3n) is 4.67. The molecule has 30 heavy (non-hydrogen) atoms. The molecule has 3 aromatic heterocycles. The Kier molecular flexibility index (Phi) is 5.74. The highest BCUT2D eigenvalue weighted by Crippen LogP contribution is 2.28. The van der Waals surface area contributed by atoms with Gasteiger partial charge in [0.2, 0.25) is 5.91 Å². The third-order valence-corrected chi connectivity index (χ3v) is 6.74. The fraction of sp³-hybridized carbons (Fsp3) is 0.238. The first kappa shape index (κ1) is 20.4. The largest absolute Gasteiger partial charge is 0.360 e. The zero-order chi connectivity index (χ0) is 21.3. The monoisotopic (exact) mass is 440 g/mol. The molecule has 0 spiro atoms. The second-order valence-corrected chi connectivity index (χ2v) is 9.04. The number of hydrogen-bond acceptors (Lipinski definition) is 7. The van der Waals surface area contributed by atoms with E-state index in [1.165, 1.54) is 23.1 Å². The number of aryl methyl sites for hydroxylation is 3. The number of thioether (sulfide) groups is 1. The summed E-state index contributed by atoms with van der Waals surface area (Å²) in [6.45, 7) is 6.08. The number of rotatable bonds is 6. The minimum absolute atomic E-state index is 0.0827. The lowest BCUT2D eigenvalue weighted by Gasteiger charge is -2.12. The Hall–Kier alpha value is -2.91. The SMILES string of the molecule is Cc1cc(NC(=O)CSc2nc3sc(C)c(C)c3c(=O)n2Cc2ccccc2)no1. The maximum Gasteiger partial charge on any atom is 0.263 e. The van der Waals surface area contributed by atoms with Gasteiger partial charge in [0, 0.05) is 10.9 Å². The minimum Gasteiger partial charge on any atom is -0.360 e. The highest BCUT2D eigenvalue weighted by atomic mass is 32.2. The van der Waals surface area contributed by atoms with Crippen molar-refractivity contribution >= 4 is 45.0 Å². The maximum atomic E-state index is 13.3. The van der Waals surface area contributed by atoms with Crippen molar-refractivity contribution in [2.75, 3.05) is 11.1 Å². The molecular formula is C21H20N4O3S2. The van der Waals surface area contributed by atoms with E-state index in [2.05, 4.69) is 10.5 Å². The van der Waals surface area contributed by atoms with Gasteiger partial charge in [-0.15, -0.1) is 11.3 Å². The zero-order valence-electron chi connectivity index (χ0n) is 16.8. The first-order chi connectivity index (χ1) is 14.4. The molecule has 1 amide bonds. The molecule has 3 heterocycles. The van der Waals surface area contributed by atoms with E-state index >= 15 is 0 Å². The van der Waals surface area contributed by atoms with Crippen molar-refractivity contribution in [2.24, 2.45) is 0 Å². The van der Waals surface area contributed by atoms with E-state index < -0.39 is 0 Å². The number of thiophene rings is 1. The van der Waals surface area contributed by atoms with Crippen LogP contribution >= 0.6 is 23.1 Å². The van der Waals surface area contributed by atoms with Crippen LogP contribution < -0.4 is 10.9 Å². The van der Waals surface area contributed by atoms with Crippen LogP contribution in [0.15, 0.2) is 50.9 Å². The number of nitrogens with zero attached hydrogens (tertiary/aromatic N) is 3. The Balaban J connectivity index is 1.65. The molecule has 0 fully saturated rings. The average molecular weight is 441 g/mol. The lowest BCUT2D eigenvalue weighted by molar-refractivity contribution is -0.113. The number of anilines is 1. The molecule has 4 aromatic rings. The van der Waals surface area contributed by atoms with Crippen molar-refractivity contribution in [1.29, 1.82) is 0 Å². The predicted octanol–water partition coefficient (Wildman–Crippen LogP) is 4.15. The summed E-state index contributed by atoms with van der Waals surface area (Å²) < 4.78 is 6.61. The van der Waals surface area contributed by atoms with Crippen molar-refractivity contribution in [1.82, 2.24) is 14.7 Å². The van der Waals surface area contributed by atoms with Gasteiger partial charge >= 0.3 is 0 Å². The van der Waals surface area contributed by atoms with Crippen LogP contribution in [-0.4, -0.2) is 26.4 Å². The summed E-state index contributed by atoms with van der Waals surface area (Å²) >= 11 is 2.73. The van der Waals surface area contributed by atoms with Crippen LogP contribution in [0.25, 0.3) is 10.2 Å². The van der Waals surface area contributed by atoms with E-state index in [0.29, 0.717) is 33.5 Å². The number of amides is 1. The molecule has 0 aliphatic rings. The first-order valence-corrected chi connectivity index (χ1v) is 11.1. The van der Waals surface area contributed by atoms with Gasteiger partial charge in [-0.2, -0.15) is 0 Å². The van der Waals surface area contributed by atoms with Crippen LogP contribution in [0.3, 0.4) is 0 Å². The van der Waals surface area contributed by atoms with E-state index in [1.54, 1.807) is 17.6 Å². The molecule has 0 atom stereocenters. The van der Waals surface area contributed by atoms with Gasteiger partial charge in [0.05, 0.1) is 17.7 Å². The molecule has 9 heteroatoms. The number of carbonyl (C=O) groups excluding carboxylic acids is 1. The second-order valence-electron chi connectivity index (χ2n) is 6.89. The molecule has 0 radical (unpaired) electrons. The average Bonchev–Trinajstić information content (AvgIpc) is 3.25. The Morgan fingerprint density at radius 3 is 2.70 bits per heavy atom. The van der Waals surface area contributed by atoms with Crippen molar-refractivity contribution in [3.05, 3.63) is 68.5 Å². The van der Waals surface area contributed by atoms with Crippen molar-refractivity contribution in [3.8, 4) is 0 Å². The van der Waals surface area contributed by atoms with Gasteiger partial charge < -0.3 is 9.84 Å². The zero-order valence-corrected chi connectivity index (χ0v) is 18.4. The van der Waals surface area contributed by atoms with Gasteiger partial charge in [-0.1, -0.05) is 47.3 Å². The molecule has 7 nitrogen and oxygen atoms in total. The third kappa shape index (κ3) is 4.17. The number of fused-ring (bicyclic) bond motifs is 1. The summed E-state index contributed by atoms with van der Waals surface area (Å²) in [7, 11) is 0. The van der Waals surface area contributed by atoms with Crippen LogP contribution in [0.1, 0.15) is 21.8 Å². The fourth-order valence-corrected chi connectivity index (χ4v) is 4.93. The quantitative estimate of drug-likeness (QED) is 0.358. The lowest BCUT2D eigenvalue weighted by atomic mass is 10.2. The van der Waals surface area contributed by atoms with E-state index in [4.69, 9.17) is 9.51 Å². The summed E-state index contributed by atoms with van der Waals surface area (Å²) in [6, 6.07) is 11.4. The van der Waals surface area contributed by atoms with E-state index in [1.807, 2.05) is 44.2 Å². The van der Waals surface area contributed by atoms with Crippen molar-refractivity contribution in [2.45, 2.75) is 32.5 Å². The van der Waals surface area contributed by atoms with Crippen LogP contribution in [0.4, 0.5) is 5.82 Å². The van der Waals surface area contributed by atoms with Gasteiger partial charge in [-0.05, 0) is 31.9 Å². The summed E-state index contributed by atoms with van der Waals surface area (Å²) in [5, 5.41) is 7.63. The molecule has 154 valence electrons. The molecule has 4 rings (SSSR count). The van der Waals surface area contributed by atoms with Crippen LogP contribution in [0, 0.1) is 20.8 Å². The Morgan fingerprint density at radius 2 is 2.00 bits per heavy atom. The predicted molar refractivity (Wildman–Crippen MR) is 119 cm³/mol. The normalized spacial score (nSPS) is 11.2. The molecule has 0 saturated carbocycles. The van der Waals surface area contributed by atoms with Gasteiger partial charge in [-0.25, -0.2) is 4.98 Å². The summed E-state index contributed by atoms with van der Waals surface area (Å²) in [5.41, 5.74) is 1.88. The van der Waals surface area contributed by atoms with Crippen molar-refractivity contribution < 1.29 is 9.32 Å². The van der Waals surface area contributed by atoms with E-state index in [-0.39, 0.29) is 17.2 Å². The van der Waals surface area contributed by atoms with Crippen LogP contribution in [0.5, 0.6) is 0 Å². The molecule has 1 N–H and O–H groups in total. The highest BCUT2D eigenvalue weighted by molar-refractivity contribution is 7.99. The number of aromatic nitrogens is 3. The Morgan fingerprint density at radius 1 is 1.23 bits per heavy atom. The molecular weight excluding hydrogens is 420 g/mol. The Bertz CT molecular complexity index is 1270. The minimum atomic E-state index is -0.243. The lowest BCUT2D eigenvalue weighted by Crippen LogP contribution is -2.24. The second kappa shape index (κ2) is 8.45. The van der Waals surface area contributed by atoms with Gasteiger partial charge in [0.1, 0.15) is 10.6 Å². The number of benzene rings is 1. The summed E-state index contributed by atoms with van der Waals surface area (Å²) in [4.78, 5) is 32.2. The van der Waals surface area contributed by atoms with Crippen LogP contribution in [0.2, 0.25) is 0 Å². The highest BCUT2D eigenvalue weighted by Gasteiger charge is 2.18. The fourth-order valence-electron chi connectivity index (χ4n) is 3.06. The molecule has 0 aliphatic carbocycles. The van der Waals surface area contributed by atoms with E-state index in [9.17, 15) is 9.59 Å². The smallest absolute Gasteiger partial charge is 0.263 e. The Labute approximate surface area is 181 Å². The number of hydrogen-bond donors (Lipinski definition) is 1. The summed E-state index contributed by atoms with van der Waals surface area (Å²) in [6.07, 6.45) is 0. The molecule has 0 aliphatic heterocycles. The number of carbonyl (C=O) groups is 1. The van der Waals surface area contributed by atoms with Gasteiger partial charge in [-0.3, -0.25) is 14.2 Å². The van der Waals surface area contributed by atoms with Crippen molar-refractivity contribution in [3.63, 3.8) is 0 Å². The molecule has 1 aromatic carbocycles. The summed E-state index contributed by atoms with van der Waals surface area (Å²) in [5.74, 6) is 0.840.